The Morgan fingerprint density at radius 3 is 2.32 bits per heavy atom. The molecule has 1 fully saturated rings. The van der Waals surface area contributed by atoms with Gasteiger partial charge in [-0.3, -0.25) is 10.2 Å². The fourth-order valence-electron chi connectivity index (χ4n) is 3.75. The molecule has 1 unspecified atom stereocenters. The van der Waals surface area contributed by atoms with Gasteiger partial charge < -0.3 is 14.2 Å². The van der Waals surface area contributed by atoms with E-state index in [0.29, 0.717) is 17.3 Å². The van der Waals surface area contributed by atoms with Crippen molar-refractivity contribution in [3.05, 3.63) is 64.7 Å². The molecule has 3 rings (SSSR count). The molecule has 2 aromatic carbocycles. The van der Waals surface area contributed by atoms with Crippen molar-refractivity contribution in [1.29, 1.82) is 0 Å². The molecule has 0 aliphatic carbocycles. The van der Waals surface area contributed by atoms with Crippen molar-refractivity contribution in [3.8, 4) is 0 Å². The van der Waals surface area contributed by atoms with Gasteiger partial charge in [-0.1, -0.05) is 35.9 Å². The molecule has 0 saturated carbocycles. The van der Waals surface area contributed by atoms with Crippen molar-refractivity contribution in [2.45, 2.75) is 71.4 Å². The number of benzene rings is 2. The standard InChI is InChI=1S/C26H33ClN2O5/c1-25(2,3)34-24(31)29-22(17-33-26(29,4)5)15-10-18-8-13-21(14-9-18)28-23(30)32-16-19-6-11-20(27)12-7-19/h6-9,11-14,22H,10,15-17H2,1-5H3,(H,28,30). The number of hydrogen-bond donors (Lipinski definition) is 1. The summed E-state index contributed by atoms with van der Waals surface area (Å²) in [7, 11) is 0. The highest BCUT2D eigenvalue weighted by Gasteiger charge is 2.45. The van der Waals surface area contributed by atoms with Gasteiger partial charge in [0.15, 0.2) is 0 Å². The van der Waals surface area contributed by atoms with Crippen LogP contribution in [0.5, 0.6) is 0 Å². The molecule has 0 radical (unpaired) electrons. The second-order valence-corrected chi connectivity index (χ2v) is 10.3. The number of rotatable bonds is 6. The number of carbonyl (C=O) groups is 2. The van der Waals surface area contributed by atoms with Gasteiger partial charge in [-0.05, 0) is 82.9 Å². The first-order chi connectivity index (χ1) is 15.9. The fourth-order valence-corrected chi connectivity index (χ4v) is 3.87. The van der Waals surface area contributed by atoms with Crippen LogP contribution < -0.4 is 5.32 Å². The van der Waals surface area contributed by atoms with E-state index in [1.54, 1.807) is 17.0 Å². The van der Waals surface area contributed by atoms with Crippen molar-refractivity contribution in [2.24, 2.45) is 0 Å². The van der Waals surface area contributed by atoms with Gasteiger partial charge in [0.1, 0.15) is 17.9 Å². The number of aryl methyl sites for hydroxylation is 1. The van der Waals surface area contributed by atoms with E-state index in [2.05, 4.69) is 5.32 Å². The Bertz CT molecular complexity index is 984. The monoisotopic (exact) mass is 488 g/mol. The Morgan fingerprint density at radius 1 is 1.09 bits per heavy atom. The zero-order valence-electron chi connectivity index (χ0n) is 20.4. The first-order valence-corrected chi connectivity index (χ1v) is 11.7. The number of nitrogens with one attached hydrogen (secondary N) is 1. The number of halogens is 1. The van der Waals surface area contributed by atoms with Crippen LogP contribution in [0.15, 0.2) is 48.5 Å². The van der Waals surface area contributed by atoms with E-state index >= 15 is 0 Å². The molecule has 1 aliphatic heterocycles. The van der Waals surface area contributed by atoms with Gasteiger partial charge in [-0.25, -0.2) is 9.59 Å². The van der Waals surface area contributed by atoms with Crippen LogP contribution in [0.25, 0.3) is 0 Å². The lowest BCUT2D eigenvalue weighted by molar-refractivity contribution is -0.0626. The molecule has 7 nitrogen and oxygen atoms in total. The maximum absolute atomic E-state index is 12.8. The van der Waals surface area contributed by atoms with E-state index in [0.717, 1.165) is 24.0 Å². The topological polar surface area (TPSA) is 77.1 Å². The molecular weight excluding hydrogens is 456 g/mol. The Morgan fingerprint density at radius 2 is 1.71 bits per heavy atom. The second kappa shape index (κ2) is 10.7. The third-order valence-corrected chi connectivity index (χ3v) is 5.67. The van der Waals surface area contributed by atoms with Crippen LogP contribution in [-0.2, 0) is 27.2 Å². The minimum absolute atomic E-state index is 0.0782. The third-order valence-electron chi connectivity index (χ3n) is 5.41. The minimum atomic E-state index is -0.715. The summed E-state index contributed by atoms with van der Waals surface area (Å²) in [5.41, 5.74) is 1.31. The molecule has 184 valence electrons. The van der Waals surface area contributed by atoms with Crippen molar-refractivity contribution in [3.63, 3.8) is 0 Å². The highest BCUT2D eigenvalue weighted by Crippen LogP contribution is 2.31. The largest absolute Gasteiger partial charge is 0.444 e. The summed E-state index contributed by atoms with van der Waals surface area (Å²) in [6, 6.07) is 14.6. The van der Waals surface area contributed by atoms with E-state index in [1.165, 1.54) is 0 Å². The molecule has 1 atom stereocenters. The lowest BCUT2D eigenvalue weighted by Crippen LogP contribution is -2.49. The third kappa shape index (κ3) is 7.37. The number of carbonyl (C=O) groups excluding carboxylic acids is 2. The first-order valence-electron chi connectivity index (χ1n) is 11.4. The van der Waals surface area contributed by atoms with E-state index in [-0.39, 0.29) is 18.7 Å². The van der Waals surface area contributed by atoms with Gasteiger partial charge in [0.05, 0.1) is 12.6 Å². The Kier molecular flexibility index (Phi) is 8.10. The zero-order valence-corrected chi connectivity index (χ0v) is 21.1. The minimum Gasteiger partial charge on any atom is -0.444 e. The van der Waals surface area contributed by atoms with Crippen LogP contribution in [-0.4, -0.2) is 41.1 Å². The number of hydrogen-bond acceptors (Lipinski definition) is 5. The van der Waals surface area contributed by atoms with Crippen LogP contribution in [0, 0.1) is 0 Å². The van der Waals surface area contributed by atoms with Crippen LogP contribution in [0.4, 0.5) is 15.3 Å². The normalized spacial score (nSPS) is 17.4. The van der Waals surface area contributed by atoms with Gasteiger partial charge in [-0.2, -0.15) is 0 Å². The fraction of sp³-hybridized carbons (Fsp3) is 0.462. The zero-order chi connectivity index (χ0) is 24.9. The van der Waals surface area contributed by atoms with E-state index in [9.17, 15) is 9.59 Å². The van der Waals surface area contributed by atoms with Gasteiger partial charge in [0, 0.05) is 10.7 Å². The summed E-state index contributed by atoms with van der Waals surface area (Å²) in [5, 5.41) is 3.36. The molecule has 1 N–H and O–H groups in total. The molecule has 1 heterocycles. The predicted molar refractivity (Wildman–Crippen MR) is 132 cm³/mol. The molecule has 8 heteroatoms. The average molecular weight is 489 g/mol. The van der Waals surface area contributed by atoms with Gasteiger partial charge in [0.2, 0.25) is 0 Å². The molecule has 1 aliphatic rings. The van der Waals surface area contributed by atoms with E-state index in [1.807, 2.05) is 71.0 Å². The van der Waals surface area contributed by atoms with Crippen LogP contribution in [0.2, 0.25) is 5.02 Å². The van der Waals surface area contributed by atoms with Gasteiger partial charge >= 0.3 is 12.2 Å². The van der Waals surface area contributed by atoms with Crippen LogP contribution in [0.1, 0.15) is 52.2 Å². The van der Waals surface area contributed by atoms with E-state index < -0.39 is 17.4 Å². The number of anilines is 1. The summed E-state index contributed by atoms with van der Waals surface area (Å²) >= 11 is 5.86. The Balaban J connectivity index is 1.50. The maximum atomic E-state index is 12.8. The van der Waals surface area contributed by atoms with Crippen molar-refractivity contribution < 1.29 is 23.8 Å². The second-order valence-electron chi connectivity index (χ2n) is 9.83. The Hall–Kier alpha value is -2.77. The van der Waals surface area contributed by atoms with Crippen molar-refractivity contribution >= 4 is 29.5 Å². The Labute approximate surface area is 206 Å². The van der Waals surface area contributed by atoms with Crippen LogP contribution >= 0.6 is 11.6 Å². The summed E-state index contributed by atoms with van der Waals surface area (Å²) in [4.78, 5) is 26.5. The van der Waals surface area contributed by atoms with E-state index in [4.69, 9.17) is 25.8 Å². The summed E-state index contributed by atoms with van der Waals surface area (Å²) in [6.45, 7) is 9.94. The number of ether oxygens (including phenoxy) is 3. The first kappa shape index (κ1) is 25.8. The molecule has 0 spiro atoms. The van der Waals surface area contributed by atoms with Crippen molar-refractivity contribution in [2.75, 3.05) is 11.9 Å². The summed E-state index contributed by atoms with van der Waals surface area (Å²) in [6.07, 6.45) is 0.598. The SMILES string of the molecule is CC(C)(C)OC(=O)N1C(CCc2ccc(NC(=O)OCc3ccc(Cl)cc3)cc2)COC1(C)C. The highest BCUT2D eigenvalue weighted by molar-refractivity contribution is 6.30. The van der Waals surface area contributed by atoms with Crippen molar-refractivity contribution in [1.82, 2.24) is 4.90 Å². The number of nitrogens with zero attached hydrogens (tertiary/aromatic N) is 1. The van der Waals surface area contributed by atoms with Gasteiger partial charge in [0.25, 0.3) is 0 Å². The van der Waals surface area contributed by atoms with Crippen LogP contribution in [0.3, 0.4) is 0 Å². The summed E-state index contributed by atoms with van der Waals surface area (Å²) < 4.78 is 16.7. The molecule has 1 saturated heterocycles. The average Bonchev–Trinajstić information content (AvgIpc) is 3.06. The highest BCUT2D eigenvalue weighted by atomic mass is 35.5. The number of amides is 2. The molecule has 0 aromatic heterocycles. The quantitative estimate of drug-likeness (QED) is 0.509. The van der Waals surface area contributed by atoms with Gasteiger partial charge in [-0.15, -0.1) is 0 Å². The molecular formula is C26H33ClN2O5. The molecule has 2 aromatic rings. The smallest absolute Gasteiger partial charge is 0.412 e. The molecule has 34 heavy (non-hydrogen) atoms. The lowest BCUT2D eigenvalue weighted by atomic mass is 10.0. The molecule has 2 amide bonds. The predicted octanol–water partition coefficient (Wildman–Crippen LogP) is 6.39. The summed E-state index contributed by atoms with van der Waals surface area (Å²) in [5.74, 6) is 0. The molecule has 0 bridgehead atoms. The lowest BCUT2D eigenvalue weighted by Gasteiger charge is -2.35. The maximum Gasteiger partial charge on any atom is 0.412 e.